The van der Waals surface area contributed by atoms with Crippen molar-refractivity contribution in [2.75, 3.05) is 20.8 Å². The molecule has 0 amide bonds. The second kappa shape index (κ2) is 8.11. The first-order chi connectivity index (χ1) is 15.3. The molecule has 0 radical (unpaired) electrons. The number of aromatic hydroxyl groups is 3. The van der Waals surface area contributed by atoms with Crippen molar-refractivity contribution in [2.45, 2.75) is 18.8 Å². The molecule has 0 saturated carbocycles. The summed E-state index contributed by atoms with van der Waals surface area (Å²) < 4.78 is 45.8. The van der Waals surface area contributed by atoms with Gasteiger partial charge in [0.15, 0.2) is 23.1 Å². The van der Waals surface area contributed by atoms with Crippen LogP contribution < -0.4 is 14.2 Å². The highest BCUT2D eigenvalue weighted by Crippen LogP contribution is 2.51. The standard InChI is InChI=1S/C24H22F2O6/c1-11-16(27)6-5-14-20(13-4-7-17(28)22(26)21(13)25)15(10-32-24(11)14)12-8-18(30-2)23(29)19(9-12)31-3/h4-9,15,20,27-29H,10H2,1-3H3/t15?,20-/m0/s1. The predicted molar refractivity (Wildman–Crippen MR) is 112 cm³/mol. The third-order valence-corrected chi connectivity index (χ3v) is 5.91. The zero-order valence-corrected chi connectivity index (χ0v) is 17.6. The molecular formula is C24H22F2O6. The van der Waals surface area contributed by atoms with E-state index in [0.717, 1.165) is 6.07 Å². The SMILES string of the molecule is COc1cc(C2COc3c(ccc(O)c3C)[C@@H]2c2ccc(O)c(F)c2F)cc(OC)c1O. The van der Waals surface area contributed by atoms with E-state index in [1.54, 1.807) is 25.1 Å². The van der Waals surface area contributed by atoms with Crippen LogP contribution in [0.25, 0.3) is 0 Å². The summed E-state index contributed by atoms with van der Waals surface area (Å²) in [5.41, 5.74) is 1.65. The Balaban J connectivity index is 1.97. The number of benzene rings is 3. The summed E-state index contributed by atoms with van der Waals surface area (Å²) in [5, 5.41) is 30.0. The van der Waals surface area contributed by atoms with Crippen LogP contribution >= 0.6 is 0 Å². The molecule has 0 bridgehead atoms. The second-order valence-corrected chi connectivity index (χ2v) is 7.60. The Bertz CT molecular complexity index is 1170. The van der Waals surface area contributed by atoms with Gasteiger partial charge in [0.2, 0.25) is 11.6 Å². The Labute approximate surface area is 183 Å². The highest BCUT2D eigenvalue weighted by molar-refractivity contribution is 5.58. The number of hydrogen-bond acceptors (Lipinski definition) is 6. The minimum atomic E-state index is -1.34. The number of hydrogen-bond donors (Lipinski definition) is 3. The number of ether oxygens (including phenoxy) is 3. The van der Waals surface area contributed by atoms with Gasteiger partial charge in [-0.25, -0.2) is 4.39 Å². The third kappa shape index (κ3) is 3.32. The third-order valence-electron chi connectivity index (χ3n) is 5.91. The van der Waals surface area contributed by atoms with Crippen LogP contribution in [0.4, 0.5) is 8.78 Å². The Kier molecular flexibility index (Phi) is 5.46. The molecule has 0 saturated heterocycles. The molecule has 1 aliphatic rings. The molecule has 32 heavy (non-hydrogen) atoms. The van der Waals surface area contributed by atoms with Gasteiger partial charge in [-0.3, -0.25) is 0 Å². The van der Waals surface area contributed by atoms with Crippen LogP contribution in [0.5, 0.6) is 34.5 Å². The van der Waals surface area contributed by atoms with Gasteiger partial charge < -0.3 is 29.5 Å². The molecule has 0 fully saturated rings. The van der Waals surface area contributed by atoms with E-state index < -0.39 is 29.2 Å². The van der Waals surface area contributed by atoms with Gasteiger partial charge in [0.1, 0.15) is 11.5 Å². The molecule has 168 valence electrons. The van der Waals surface area contributed by atoms with Gasteiger partial charge >= 0.3 is 0 Å². The highest BCUT2D eigenvalue weighted by atomic mass is 19.2. The summed E-state index contributed by atoms with van der Waals surface area (Å²) in [6, 6.07) is 8.69. The van der Waals surface area contributed by atoms with Crippen molar-refractivity contribution in [3.63, 3.8) is 0 Å². The quantitative estimate of drug-likeness (QED) is 0.540. The van der Waals surface area contributed by atoms with Crippen molar-refractivity contribution in [3.8, 4) is 34.5 Å². The van der Waals surface area contributed by atoms with Gasteiger partial charge in [-0.1, -0.05) is 12.1 Å². The molecule has 2 atom stereocenters. The molecule has 6 nitrogen and oxygen atoms in total. The van der Waals surface area contributed by atoms with Crippen LogP contribution in [-0.4, -0.2) is 36.1 Å². The normalized spacial score (nSPS) is 17.4. The van der Waals surface area contributed by atoms with E-state index in [4.69, 9.17) is 14.2 Å². The van der Waals surface area contributed by atoms with Gasteiger partial charge in [0.05, 0.1) is 20.8 Å². The molecule has 3 N–H and O–H groups in total. The average Bonchev–Trinajstić information content (AvgIpc) is 2.80. The molecule has 0 aromatic heterocycles. The van der Waals surface area contributed by atoms with E-state index in [0.29, 0.717) is 22.4 Å². The molecule has 3 aromatic rings. The smallest absolute Gasteiger partial charge is 0.200 e. The number of halogens is 2. The molecule has 8 heteroatoms. The van der Waals surface area contributed by atoms with E-state index >= 15 is 4.39 Å². The Hall–Kier alpha value is -3.68. The number of fused-ring (bicyclic) bond motifs is 1. The van der Waals surface area contributed by atoms with E-state index in [-0.39, 0.29) is 35.2 Å². The van der Waals surface area contributed by atoms with Gasteiger partial charge in [-0.05, 0) is 42.3 Å². The van der Waals surface area contributed by atoms with Crippen LogP contribution in [0.3, 0.4) is 0 Å². The number of rotatable bonds is 4. The molecule has 1 aliphatic heterocycles. The lowest BCUT2D eigenvalue weighted by Crippen LogP contribution is -2.26. The lowest BCUT2D eigenvalue weighted by molar-refractivity contribution is 0.242. The van der Waals surface area contributed by atoms with Crippen molar-refractivity contribution in [2.24, 2.45) is 0 Å². The fourth-order valence-corrected chi connectivity index (χ4v) is 4.22. The van der Waals surface area contributed by atoms with Crippen molar-refractivity contribution in [1.29, 1.82) is 0 Å². The maximum atomic E-state index is 15.1. The van der Waals surface area contributed by atoms with Crippen molar-refractivity contribution in [1.82, 2.24) is 0 Å². The van der Waals surface area contributed by atoms with Gasteiger partial charge in [-0.2, -0.15) is 4.39 Å². The van der Waals surface area contributed by atoms with E-state index in [9.17, 15) is 19.7 Å². The fourth-order valence-electron chi connectivity index (χ4n) is 4.22. The summed E-state index contributed by atoms with van der Waals surface area (Å²) in [5.74, 6) is -4.03. The molecule has 0 spiro atoms. The second-order valence-electron chi connectivity index (χ2n) is 7.60. The monoisotopic (exact) mass is 444 g/mol. The number of methoxy groups -OCH3 is 2. The first kappa shape index (κ1) is 21.5. The molecule has 3 aromatic carbocycles. The summed E-state index contributed by atoms with van der Waals surface area (Å²) in [6.07, 6.45) is 0. The molecule has 4 rings (SSSR count). The molecule has 1 heterocycles. The van der Waals surface area contributed by atoms with Crippen LogP contribution in [0.1, 0.15) is 34.1 Å². The Morgan fingerprint density at radius 3 is 2.09 bits per heavy atom. The maximum absolute atomic E-state index is 15.1. The summed E-state index contributed by atoms with van der Waals surface area (Å²) >= 11 is 0. The van der Waals surface area contributed by atoms with Crippen molar-refractivity contribution < 1.29 is 38.3 Å². The Morgan fingerprint density at radius 2 is 1.47 bits per heavy atom. The lowest BCUT2D eigenvalue weighted by atomic mass is 9.75. The van der Waals surface area contributed by atoms with E-state index in [1.807, 2.05) is 0 Å². The summed E-state index contributed by atoms with van der Waals surface area (Å²) in [6.45, 7) is 1.74. The average molecular weight is 444 g/mol. The van der Waals surface area contributed by atoms with Crippen LogP contribution in [-0.2, 0) is 0 Å². The minimum Gasteiger partial charge on any atom is -0.508 e. The van der Waals surface area contributed by atoms with Crippen molar-refractivity contribution >= 4 is 0 Å². The topological polar surface area (TPSA) is 88.4 Å². The maximum Gasteiger partial charge on any atom is 0.200 e. The van der Waals surface area contributed by atoms with Gasteiger partial charge in [-0.15, -0.1) is 0 Å². The van der Waals surface area contributed by atoms with Crippen LogP contribution in [0.2, 0.25) is 0 Å². The Morgan fingerprint density at radius 1 is 0.875 bits per heavy atom. The largest absolute Gasteiger partial charge is 0.508 e. The zero-order chi connectivity index (χ0) is 23.2. The van der Waals surface area contributed by atoms with E-state index in [2.05, 4.69) is 0 Å². The summed E-state index contributed by atoms with van der Waals surface area (Å²) in [4.78, 5) is 0. The first-order valence-electron chi connectivity index (χ1n) is 9.85. The summed E-state index contributed by atoms with van der Waals surface area (Å²) in [7, 11) is 2.78. The van der Waals surface area contributed by atoms with E-state index in [1.165, 1.54) is 26.4 Å². The van der Waals surface area contributed by atoms with Gasteiger partial charge in [0.25, 0.3) is 0 Å². The zero-order valence-electron chi connectivity index (χ0n) is 17.6. The molecular weight excluding hydrogens is 422 g/mol. The first-order valence-corrected chi connectivity index (χ1v) is 9.85. The number of phenols is 3. The minimum absolute atomic E-state index is 0.0194. The predicted octanol–water partition coefficient (Wildman–Crippen LogP) is 4.72. The molecule has 0 aliphatic carbocycles. The van der Waals surface area contributed by atoms with Crippen LogP contribution in [0.15, 0.2) is 36.4 Å². The van der Waals surface area contributed by atoms with Gasteiger partial charge in [0, 0.05) is 23.0 Å². The highest BCUT2D eigenvalue weighted by Gasteiger charge is 2.38. The van der Waals surface area contributed by atoms with Crippen molar-refractivity contribution in [3.05, 3.63) is 70.3 Å². The lowest BCUT2D eigenvalue weighted by Gasteiger charge is -2.35. The molecule has 1 unspecified atom stereocenters. The number of phenolic OH excluding ortho intramolecular Hbond substituents is 3. The fraction of sp³-hybridized carbons (Fsp3) is 0.250. The van der Waals surface area contributed by atoms with Crippen LogP contribution in [0, 0.1) is 18.6 Å².